The lowest BCUT2D eigenvalue weighted by Gasteiger charge is -2.23. The van der Waals surface area contributed by atoms with Gasteiger partial charge in [0.15, 0.2) is 23.1 Å². The largest absolute Gasteiger partial charge is 0.463 e. The van der Waals surface area contributed by atoms with Crippen molar-refractivity contribution in [2.75, 3.05) is 18.5 Å². The van der Waals surface area contributed by atoms with Gasteiger partial charge in [-0.1, -0.05) is 44.8 Å². The minimum atomic E-state index is -1.03. The van der Waals surface area contributed by atoms with Crippen molar-refractivity contribution in [2.24, 2.45) is 0 Å². The molecule has 4 atom stereocenters. The molecule has 198 valence electrons. The predicted molar refractivity (Wildman–Crippen MR) is 132 cm³/mol. The van der Waals surface area contributed by atoms with Crippen LogP contribution in [0.4, 0.5) is 5.95 Å². The number of unbranched alkanes of at least 4 members (excludes halogenated alkanes) is 4. The van der Waals surface area contributed by atoms with Gasteiger partial charge in [-0.25, -0.2) is 9.97 Å². The number of anilines is 1. The molecule has 36 heavy (non-hydrogen) atoms. The first kappa shape index (κ1) is 27.5. The molecule has 1 aliphatic rings. The molecule has 0 bridgehead atoms. The van der Waals surface area contributed by atoms with Crippen molar-refractivity contribution in [3.63, 3.8) is 0 Å². The van der Waals surface area contributed by atoms with Crippen LogP contribution in [-0.2, 0) is 33.3 Å². The number of aromatic amines is 1. The molecule has 13 heteroatoms. The number of hydrogen-bond acceptors (Lipinski definition) is 11. The van der Waals surface area contributed by atoms with Gasteiger partial charge in [0.25, 0.3) is 0 Å². The molecule has 0 aromatic carbocycles. The predicted octanol–water partition coefficient (Wildman–Crippen LogP) is 3.20. The van der Waals surface area contributed by atoms with Gasteiger partial charge in [0.2, 0.25) is 5.95 Å². The third-order valence-electron chi connectivity index (χ3n) is 5.63. The van der Waals surface area contributed by atoms with Gasteiger partial charge in [-0.15, -0.1) is 0 Å². The first-order valence-corrected chi connectivity index (χ1v) is 12.5. The Kier molecular flexibility index (Phi) is 9.76. The molecule has 2 aromatic heterocycles. The highest BCUT2D eigenvalue weighted by Gasteiger charge is 2.51. The highest BCUT2D eigenvalue weighted by molar-refractivity contribution is 7.71. The Hall–Kier alpha value is -3.06. The molecular weight excluding hydrogens is 490 g/mol. The normalized spacial score (nSPS) is 21.3. The van der Waals surface area contributed by atoms with Gasteiger partial charge in [0.05, 0.1) is 6.33 Å². The van der Waals surface area contributed by atoms with Crippen LogP contribution in [0.3, 0.4) is 0 Å². The molecule has 1 aliphatic heterocycles. The zero-order chi connectivity index (χ0) is 26.2. The molecule has 0 saturated carbocycles. The second kappa shape index (κ2) is 12.8. The molecule has 0 amide bonds. The van der Waals surface area contributed by atoms with Gasteiger partial charge < -0.3 is 29.2 Å². The summed E-state index contributed by atoms with van der Waals surface area (Å²) in [6.45, 7) is 6.43. The minimum Gasteiger partial charge on any atom is -0.463 e. The average Bonchev–Trinajstić information content (AvgIpc) is 3.36. The standard InChI is InChI=1S/C23H33N5O7S/c1-5-6-7-8-9-10-24-23-26-20-17(21(36)27-23)25-12-28(20)22-19(34-15(4)31)18(33-14(3)30)16(35-22)11-32-13(2)29/h12,16,18-19,22H,5-11H2,1-4H3,(H2,24,26,27,36)/t16-,18?,19+,22-/m1/s1. The zero-order valence-corrected chi connectivity index (χ0v) is 21.8. The molecule has 1 saturated heterocycles. The maximum atomic E-state index is 11.9. The number of carbonyl (C=O) groups is 3. The molecule has 1 fully saturated rings. The number of nitrogens with zero attached hydrogens (tertiary/aromatic N) is 3. The number of hydrogen-bond donors (Lipinski definition) is 2. The molecule has 12 nitrogen and oxygen atoms in total. The van der Waals surface area contributed by atoms with Gasteiger partial charge in [-0.3, -0.25) is 19.0 Å². The molecule has 0 radical (unpaired) electrons. The van der Waals surface area contributed by atoms with Gasteiger partial charge >= 0.3 is 17.9 Å². The Balaban J connectivity index is 1.90. The summed E-state index contributed by atoms with van der Waals surface area (Å²) in [7, 11) is 0. The molecule has 2 N–H and O–H groups in total. The Morgan fingerprint density at radius 3 is 2.44 bits per heavy atom. The number of fused-ring (bicyclic) bond motifs is 1. The molecule has 3 heterocycles. The molecule has 0 aliphatic carbocycles. The van der Waals surface area contributed by atoms with E-state index in [-0.39, 0.29) is 11.2 Å². The van der Waals surface area contributed by atoms with Crippen molar-refractivity contribution in [3.8, 4) is 0 Å². The topological polar surface area (TPSA) is 147 Å². The maximum absolute atomic E-state index is 11.9. The van der Waals surface area contributed by atoms with E-state index in [0.29, 0.717) is 17.1 Å². The Morgan fingerprint density at radius 1 is 1.08 bits per heavy atom. The number of rotatable bonds is 12. The van der Waals surface area contributed by atoms with Crippen LogP contribution in [0.1, 0.15) is 66.0 Å². The minimum absolute atomic E-state index is 0.198. The van der Waals surface area contributed by atoms with Crippen LogP contribution in [0.2, 0.25) is 0 Å². The summed E-state index contributed by atoms with van der Waals surface area (Å²) in [6.07, 6.45) is 3.28. The first-order chi connectivity index (χ1) is 17.2. The number of esters is 3. The third kappa shape index (κ3) is 7.00. The fourth-order valence-electron chi connectivity index (χ4n) is 4.06. The van der Waals surface area contributed by atoms with E-state index in [1.165, 1.54) is 46.4 Å². The van der Waals surface area contributed by atoms with Crippen LogP contribution in [0, 0.1) is 4.64 Å². The highest BCUT2D eigenvalue weighted by Crippen LogP contribution is 2.36. The lowest BCUT2D eigenvalue weighted by atomic mass is 10.1. The van der Waals surface area contributed by atoms with Crippen molar-refractivity contribution < 1.29 is 33.3 Å². The van der Waals surface area contributed by atoms with E-state index in [1.54, 1.807) is 4.57 Å². The fourth-order valence-corrected chi connectivity index (χ4v) is 4.31. The summed E-state index contributed by atoms with van der Waals surface area (Å²) >= 11 is 5.44. The van der Waals surface area contributed by atoms with E-state index in [1.807, 2.05) is 0 Å². The molecule has 0 spiro atoms. The summed E-state index contributed by atoms with van der Waals surface area (Å²) in [5, 5.41) is 3.25. The van der Waals surface area contributed by atoms with Crippen LogP contribution < -0.4 is 5.32 Å². The van der Waals surface area contributed by atoms with Crippen LogP contribution in [0.25, 0.3) is 11.2 Å². The molecule has 1 unspecified atom stereocenters. The van der Waals surface area contributed by atoms with E-state index in [2.05, 4.69) is 27.2 Å². The van der Waals surface area contributed by atoms with Gasteiger partial charge in [-0.2, -0.15) is 0 Å². The highest BCUT2D eigenvalue weighted by atomic mass is 32.1. The SMILES string of the molecule is CCCCCCCNc1nc(=S)c2ncn([C@@H]3O[C@H](COC(C)=O)C(OC(C)=O)[C@@H]3OC(C)=O)c2[nH]1. The average molecular weight is 524 g/mol. The Bertz CT molecular complexity index is 1130. The van der Waals surface area contributed by atoms with E-state index < -0.39 is 42.4 Å². The number of carbonyl (C=O) groups excluding carboxylic acids is 3. The van der Waals surface area contributed by atoms with Crippen molar-refractivity contribution in [1.29, 1.82) is 0 Å². The Labute approximate surface area is 214 Å². The van der Waals surface area contributed by atoms with E-state index in [4.69, 9.17) is 31.2 Å². The Morgan fingerprint density at radius 2 is 1.78 bits per heavy atom. The first-order valence-electron chi connectivity index (χ1n) is 12.0. The van der Waals surface area contributed by atoms with Crippen molar-refractivity contribution in [2.45, 2.75) is 84.3 Å². The van der Waals surface area contributed by atoms with Crippen LogP contribution in [0.5, 0.6) is 0 Å². The van der Waals surface area contributed by atoms with Crippen molar-refractivity contribution in [1.82, 2.24) is 19.5 Å². The lowest BCUT2D eigenvalue weighted by molar-refractivity contribution is -0.166. The quantitative estimate of drug-likeness (QED) is 0.183. The van der Waals surface area contributed by atoms with Crippen LogP contribution >= 0.6 is 12.2 Å². The summed E-state index contributed by atoms with van der Waals surface area (Å²) in [6, 6.07) is 0. The molecule has 2 aromatic rings. The molecular formula is C23H33N5O7S. The zero-order valence-electron chi connectivity index (χ0n) is 20.9. The second-order valence-electron chi connectivity index (χ2n) is 8.60. The van der Waals surface area contributed by atoms with Crippen LogP contribution in [0.15, 0.2) is 6.33 Å². The van der Waals surface area contributed by atoms with Crippen molar-refractivity contribution >= 4 is 47.2 Å². The summed E-state index contributed by atoms with van der Waals surface area (Å²) < 4.78 is 24.0. The van der Waals surface area contributed by atoms with E-state index >= 15 is 0 Å². The third-order valence-corrected chi connectivity index (χ3v) is 5.92. The summed E-state index contributed by atoms with van der Waals surface area (Å²) in [5.74, 6) is -1.25. The smallest absolute Gasteiger partial charge is 0.303 e. The molecule has 3 rings (SSSR count). The van der Waals surface area contributed by atoms with Crippen LogP contribution in [-0.4, -0.2) is 68.9 Å². The fraction of sp³-hybridized carbons (Fsp3) is 0.652. The monoisotopic (exact) mass is 523 g/mol. The number of imidazole rings is 1. The van der Waals surface area contributed by atoms with Gasteiger partial charge in [-0.05, 0) is 6.42 Å². The number of aromatic nitrogens is 4. The number of ether oxygens (including phenoxy) is 4. The summed E-state index contributed by atoms with van der Waals surface area (Å²) in [4.78, 5) is 47.1. The van der Waals surface area contributed by atoms with E-state index in [0.717, 1.165) is 19.4 Å². The van der Waals surface area contributed by atoms with E-state index in [9.17, 15) is 14.4 Å². The maximum Gasteiger partial charge on any atom is 0.303 e. The second-order valence-corrected chi connectivity index (χ2v) is 8.98. The number of H-pyrrole nitrogens is 1. The van der Waals surface area contributed by atoms with Crippen molar-refractivity contribution in [3.05, 3.63) is 11.0 Å². The van der Waals surface area contributed by atoms with Gasteiger partial charge in [0, 0.05) is 27.3 Å². The summed E-state index contributed by atoms with van der Waals surface area (Å²) in [5.41, 5.74) is 0.913. The van der Waals surface area contributed by atoms with Gasteiger partial charge in [0.1, 0.15) is 23.9 Å². The lowest BCUT2D eigenvalue weighted by Crippen LogP contribution is -2.40. The number of nitrogens with one attached hydrogen (secondary N) is 2.